The minimum Gasteiger partial charge on any atom is -0.490 e. The molecule has 0 aliphatic heterocycles. The normalized spacial score (nSPS) is 10.5. The lowest BCUT2D eigenvalue weighted by Gasteiger charge is -2.15. The molecule has 0 radical (unpaired) electrons. The van der Waals surface area contributed by atoms with Gasteiger partial charge in [0.2, 0.25) is 0 Å². The largest absolute Gasteiger partial charge is 0.490 e. The van der Waals surface area contributed by atoms with E-state index in [1.54, 1.807) is 12.1 Å². The van der Waals surface area contributed by atoms with Gasteiger partial charge in [0.1, 0.15) is 0 Å². The summed E-state index contributed by atoms with van der Waals surface area (Å²) in [7, 11) is 0. The van der Waals surface area contributed by atoms with Crippen molar-refractivity contribution in [1.82, 2.24) is 4.57 Å². The van der Waals surface area contributed by atoms with Crippen molar-refractivity contribution in [2.24, 2.45) is 0 Å². The molecule has 8 heteroatoms. The molecule has 0 atom stereocenters. The minimum atomic E-state index is -0.533. The van der Waals surface area contributed by atoms with Gasteiger partial charge in [-0.3, -0.25) is 14.9 Å². The highest BCUT2D eigenvalue weighted by Crippen LogP contribution is 2.34. The summed E-state index contributed by atoms with van der Waals surface area (Å²) in [6.07, 6.45) is 1.23. The number of ether oxygens (including phenoxy) is 2. The van der Waals surface area contributed by atoms with Crippen LogP contribution in [-0.4, -0.2) is 22.7 Å². The Bertz CT molecular complexity index is 804. The van der Waals surface area contributed by atoms with Crippen molar-refractivity contribution in [3.63, 3.8) is 0 Å². The molecule has 0 spiro atoms. The van der Waals surface area contributed by atoms with Crippen LogP contribution in [0.15, 0.2) is 39.7 Å². The topological polar surface area (TPSA) is 83.6 Å². The van der Waals surface area contributed by atoms with E-state index in [0.29, 0.717) is 24.7 Å². The van der Waals surface area contributed by atoms with Crippen LogP contribution in [0.4, 0.5) is 5.69 Å². The van der Waals surface area contributed by atoms with E-state index in [0.717, 1.165) is 10.0 Å². The van der Waals surface area contributed by atoms with Crippen molar-refractivity contribution in [2.45, 2.75) is 20.4 Å². The molecule has 0 amide bonds. The van der Waals surface area contributed by atoms with Crippen LogP contribution in [0.2, 0.25) is 0 Å². The Morgan fingerprint density at radius 3 is 2.38 bits per heavy atom. The van der Waals surface area contributed by atoms with E-state index in [4.69, 9.17) is 9.47 Å². The third-order valence-electron chi connectivity index (χ3n) is 3.23. The molecule has 2 aromatic rings. The van der Waals surface area contributed by atoms with Crippen molar-refractivity contribution >= 4 is 21.6 Å². The van der Waals surface area contributed by atoms with E-state index < -0.39 is 4.92 Å². The van der Waals surface area contributed by atoms with Gasteiger partial charge in [0.05, 0.1) is 30.9 Å². The van der Waals surface area contributed by atoms with Gasteiger partial charge in [-0.25, -0.2) is 0 Å². The standard InChI is InChI=1S/C16H17BrN2O5/c1-3-23-14-7-11(13(17)8-15(14)24-4-2)9-18-10-12(19(21)22)5-6-16(18)20/h5-8,10H,3-4,9H2,1-2H3. The average molecular weight is 397 g/mol. The lowest BCUT2D eigenvalue weighted by Crippen LogP contribution is -2.19. The number of rotatable bonds is 7. The molecule has 0 saturated carbocycles. The number of nitro groups is 1. The SMILES string of the molecule is CCOc1cc(Br)c(Cn2cc([N+](=O)[O-])ccc2=O)cc1OCC. The molecule has 7 nitrogen and oxygen atoms in total. The van der Waals surface area contributed by atoms with Gasteiger partial charge >= 0.3 is 0 Å². The second kappa shape index (κ2) is 7.96. The summed E-state index contributed by atoms with van der Waals surface area (Å²) in [6, 6.07) is 5.91. The van der Waals surface area contributed by atoms with Crippen LogP contribution in [0, 0.1) is 10.1 Å². The van der Waals surface area contributed by atoms with Crippen molar-refractivity contribution in [3.05, 3.63) is 61.0 Å². The summed E-state index contributed by atoms with van der Waals surface area (Å²) in [4.78, 5) is 22.3. The Kier molecular flexibility index (Phi) is 5.97. The average Bonchev–Trinajstić information content (AvgIpc) is 2.53. The lowest BCUT2D eigenvalue weighted by atomic mass is 10.2. The van der Waals surface area contributed by atoms with Crippen LogP contribution in [-0.2, 0) is 6.54 Å². The summed E-state index contributed by atoms with van der Waals surface area (Å²) < 4.78 is 13.1. The summed E-state index contributed by atoms with van der Waals surface area (Å²) in [5, 5.41) is 10.9. The molecule has 1 aromatic carbocycles. The fourth-order valence-electron chi connectivity index (χ4n) is 2.17. The third kappa shape index (κ3) is 4.14. The zero-order chi connectivity index (χ0) is 17.7. The maximum atomic E-state index is 12.0. The number of aromatic nitrogens is 1. The predicted octanol–water partition coefficient (Wildman–Crippen LogP) is 3.36. The van der Waals surface area contributed by atoms with E-state index >= 15 is 0 Å². The third-order valence-corrected chi connectivity index (χ3v) is 3.97. The highest BCUT2D eigenvalue weighted by molar-refractivity contribution is 9.10. The molecule has 2 rings (SSSR count). The molecule has 0 saturated heterocycles. The monoisotopic (exact) mass is 396 g/mol. The maximum Gasteiger partial charge on any atom is 0.285 e. The zero-order valence-electron chi connectivity index (χ0n) is 13.3. The molecule has 0 bridgehead atoms. The Hall–Kier alpha value is -2.35. The molecule has 0 aliphatic carbocycles. The number of hydrogen-bond acceptors (Lipinski definition) is 5. The number of hydrogen-bond donors (Lipinski definition) is 0. The molecule has 128 valence electrons. The molecule has 0 fully saturated rings. The van der Waals surface area contributed by atoms with Crippen LogP contribution in [0.5, 0.6) is 11.5 Å². The minimum absolute atomic E-state index is 0.137. The van der Waals surface area contributed by atoms with Crippen molar-refractivity contribution in [1.29, 1.82) is 0 Å². The summed E-state index contributed by atoms with van der Waals surface area (Å²) in [5.41, 5.74) is 0.297. The predicted molar refractivity (Wildman–Crippen MR) is 92.9 cm³/mol. The first-order valence-corrected chi connectivity index (χ1v) is 8.18. The number of pyridine rings is 1. The highest BCUT2D eigenvalue weighted by atomic mass is 79.9. The fraction of sp³-hybridized carbons (Fsp3) is 0.312. The van der Waals surface area contributed by atoms with Crippen molar-refractivity contribution in [2.75, 3.05) is 13.2 Å². The van der Waals surface area contributed by atoms with Gasteiger partial charge in [0.15, 0.2) is 11.5 Å². The van der Waals surface area contributed by atoms with Crippen LogP contribution in [0.25, 0.3) is 0 Å². The summed E-state index contributed by atoms with van der Waals surface area (Å²) >= 11 is 3.45. The van der Waals surface area contributed by atoms with Gasteiger partial charge < -0.3 is 14.0 Å². The lowest BCUT2D eigenvalue weighted by molar-refractivity contribution is -0.385. The van der Waals surface area contributed by atoms with Gasteiger partial charge in [-0.15, -0.1) is 0 Å². The summed E-state index contributed by atoms with van der Waals surface area (Å²) in [5.74, 6) is 1.16. The first-order valence-electron chi connectivity index (χ1n) is 7.39. The maximum absolute atomic E-state index is 12.0. The molecular formula is C16H17BrN2O5. The Balaban J connectivity index is 2.42. The Morgan fingerprint density at radius 2 is 1.79 bits per heavy atom. The van der Waals surface area contributed by atoms with Gasteiger partial charge in [-0.2, -0.15) is 0 Å². The van der Waals surface area contributed by atoms with E-state index in [-0.39, 0.29) is 17.8 Å². The molecule has 24 heavy (non-hydrogen) atoms. The highest BCUT2D eigenvalue weighted by Gasteiger charge is 2.13. The van der Waals surface area contributed by atoms with E-state index in [9.17, 15) is 14.9 Å². The number of benzene rings is 1. The van der Waals surface area contributed by atoms with Gasteiger partial charge in [0.25, 0.3) is 11.2 Å². The second-order valence-electron chi connectivity index (χ2n) is 4.87. The molecule has 0 aliphatic rings. The van der Waals surface area contributed by atoms with Crippen molar-refractivity contribution in [3.8, 4) is 11.5 Å². The smallest absolute Gasteiger partial charge is 0.285 e. The molecule has 0 unspecified atom stereocenters. The fourth-order valence-corrected chi connectivity index (χ4v) is 2.62. The first kappa shape index (κ1) is 18.0. The van der Waals surface area contributed by atoms with E-state index in [1.807, 2.05) is 13.8 Å². The Labute approximate surface area is 147 Å². The second-order valence-corrected chi connectivity index (χ2v) is 5.72. The van der Waals surface area contributed by atoms with Gasteiger partial charge in [-0.05, 0) is 31.5 Å². The van der Waals surface area contributed by atoms with Crippen LogP contribution < -0.4 is 15.0 Å². The summed E-state index contributed by atoms with van der Waals surface area (Å²) in [6.45, 7) is 4.88. The molecular weight excluding hydrogens is 380 g/mol. The Morgan fingerprint density at radius 1 is 1.17 bits per heavy atom. The van der Waals surface area contributed by atoms with Crippen LogP contribution in [0.1, 0.15) is 19.4 Å². The van der Waals surface area contributed by atoms with Crippen LogP contribution in [0.3, 0.4) is 0 Å². The number of halogens is 1. The molecule has 1 aromatic heterocycles. The first-order chi connectivity index (χ1) is 11.5. The van der Waals surface area contributed by atoms with Gasteiger partial charge in [-0.1, -0.05) is 15.9 Å². The van der Waals surface area contributed by atoms with Crippen molar-refractivity contribution < 1.29 is 14.4 Å². The molecule has 0 N–H and O–H groups in total. The van der Waals surface area contributed by atoms with E-state index in [2.05, 4.69) is 15.9 Å². The quantitative estimate of drug-likeness (QED) is 0.529. The number of nitrogens with zero attached hydrogens (tertiary/aromatic N) is 2. The van der Waals surface area contributed by atoms with Gasteiger partial charge in [0, 0.05) is 16.6 Å². The molecule has 1 heterocycles. The zero-order valence-corrected chi connectivity index (χ0v) is 14.9. The van der Waals surface area contributed by atoms with E-state index in [1.165, 1.54) is 22.9 Å². The van der Waals surface area contributed by atoms with Crippen LogP contribution >= 0.6 is 15.9 Å².